The van der Waals surface area contributed by atoms with Crippen LogP contribution in [0, 0.1) is 0 Å². The summed E-state index contributed by atoms with van der Waals surface area (Å²) in [5, 5.41) is 0. The standard InChI is InChI=1S/C13H19N5O2.2ClH.Fe/c1-16(2)12(19)14-8-10-6-7-11(18(10)5)9-15-13(20)17(3)4;;;/h6-9H,1-5H3;2*1H;/q;;;+2/p-2/b14-8+,15-9+;;;. The van der Waals surface area contributed by atoms with Gasteiger partial charge in [-0.3, -0.25) is 0 Å². The summed E-state index contributed by atoms with van der Waals surface area (Å²) in [7, 11) is 17.9. The zero-order valence-corrected chi connectivity index (χ0v) is 16.1. The van der Waals surface area contributed by atoms with Crippen LogP contribution in [0.1, 0.15) is 11.4 Å². The zero-order chi connectivity index (χ0) is 18.0. The minimum atomic E-state index is -0.329. The van der Waals surface area contributed by atoms with Gasteiger partial charge in [0.2, 0.25) is 0 Å². The molecule has 1 rings (SSSR count). The molecule has 4 amide bonds. The van der Waals surface area contributed by atoms with Gasteiger partial charge in [0, 0.05) is 35.2 Å². The molecule has 0 saturated carbocycles. The van der Waals surface area contributed by atoms with Crippen LogP contribution in [0.3, 0.4) is 0 Å². The summed E-state index contributed by atoms with van der Waals surface area (Å²) < 4.78 is 1.79. The van der Waals surface area contributed by atoms with Gasteiger partial charge in [0.25, 0.3) is 0 Å². The number of rotatable bonds is 2. The van der Waals surface area contributed by atoms with E-state index in [1.165, 1.54) is 22.2 Å². The summed E-state index contributed by atoms with van der Waals surface area (Å²) in [4.78, 5) is 33.1. The molecule has 1 heterocycles. The van der Waals surface area contributed by atoms with Crippen LogP contribution in [0.4, 0.5) is 9.59 Å². The van der Waals surface area contributed by atoms with Gasteiger partial charge < -0.3 is 14.4 Å². The Hall–Kier alpha value is -1.34. The number of carbonyl (C=O) groups excluding carboxylic acids is 2. The van der Waals surface area contributed by atoms with Gasteiger partial charge in [-0.25, -0.2) is 9.59 Å². The van der Waals surface area contributed by atoms with E-state index in [2.05, 4.69) is 9.98 Å². The van der Waals surface area contributed by atoms with E-state index in [1.54, 1.807) is 44.9 Å². The van der Waals surface area contributed by atoms with Crippen molar-refractivity contribution < 1.29 is 22.7 Å². The molecule has 1 aromatic heterocycles. The number of aromatic nitrogens is 1. The van der Waals surface area contributed by atoms with E-state index in [1.807, 2.05) is 7.05 Å². The summed E-state index contributed by atoms with van der Waals surface area (Å²) in [5.74, 6) is 0. The van der Waals surface area contributed by atoms with Crippen LogP contribution < -0.4 is 0 Å². The molecular weight excluding hydrogens is 385 g/mol. The molecule has 0 aliphatic heterocycles. The summed E-state index contributed by atoms with van der Waals surface area (Å²) in [6.07, 6.45) is 2.96. The fraction of sp³-hybridized carbons (Fsp3) is 0.385. The predicted molar refractivity (Wildman–Crippen MR) is 90.5 cm³/mol. The number of hydrogen-bond acceptors (Lipinski definition) is 2. The molecule has 23 heavy (non-hydrogen) atoms. The zero-order valence-electron chi connectivity index (χ0n) is 13.5. The quantitative estimate of drug-likeness (QED) is 0.562. The van der Waals surface area contributed by atoms with Crippen LogP contribution >= 0.6 is 20.2 Å². The van der Waals surface area contributed by atoms with E-state index in [-0.39, 0.29) is 25.2 Å². The molecule has 0 N–H and O–H groups in total. The second kappa shape index (κ2) is 11.2. The van der Waals surface area contributed by atoms with Crippen molar-refractivity contribution in [3.05, 3.63) is 23.5 Å². The van der Waals surface area contributed by atoms with Gasteiger partial charge in [0.1, 0.15) is 0 Å². The second-order valence-corrected chi connectivity index (χ2v) is 6.49. The Morgan fingerprint density at radius 2 is 1.30 bits per heavy atom. The Kier molecular flexibility index (Phi) is 10.6. The third-order valence-corrected chi connectivity index (χ3v) is 2.58. The molecule has 0 unspecified atom stereocenters. The number of nitrogens with zero attached hydrogens (tertiary/aromatic N) is 5. The number of amides is 4. The van der Waals surface area contributed by atoms with E-state index in [0.29, 0.717) is 0 Å². The van der Waals surface area contributed by atoms with Crippen LogP contribution in [-0.2, 0) is 20.2 Å². The molecule has 0 saturated heterocycles. The van der Waals surface area contributed by atoms with E-state index in [9.17, 15) is 9.59 Å². The average Bonchev–Trinajstić information content (AvgIpc) is 2.83. The molecule has 0 fully saturated rings. The monoisotopic (exact) mass is 403 g/mol. The van der Waals surface area contributed by atoms with Gasteiger partial charge >= 0.3 is 45.4 Å². The number of halogens is 2. The van der Waals surface area contributed by atoms with Crippen molar-refractivity contribution in [2.45, 2.75) is 0 Å². The first-order valence-electron chi connectivity index (χ1n) is 6.26. The van der Waals surface area contributed by atoms with Gasteiger partial charge in [-0.1, -0.05) is 0 Å². The van der Waals surface area contributed by atoms with Crippen LogP contribution in [0.2, 0.25) is 0 Å². The first-order chi connectivity index (χ1) is 10.7. The van der Waals surface area contributed by atoms with Crippen molar-refractivity contribution in [3.63, 3.8) is 0 Å². The molecule has 0 aliphatic rings. The van der Waals surface area contributed by atoms with E-state index < -0.39 is 0 Å². The van der Waals surface area contributed by atoms with Gasteiger partial charge in [-0.15, -0.1) is 0 Å². The minimum absolute atomic E-state index is 0.194. The van der Waals surface area contributed by atoms with Gasteiger partial charge in [-0.05, 0) is 12.1 Å². The Bertz CT molecular complexity index is 537. The molecule has 0 spiro atoms. The first kappa shape index (κ1) is 21.7. The Morgan fingerprint density at radius 3 is 1.57 bits per heavy atom. The topological polar surface area (TPSA) is 70.3 Å². The number of carbonyl (C=O) groups is 2. The van der Waals surface area contributed by atoms with E-state index >= 15 is 0 Å². The van der Waals surface area contributed by atoms with Crippen molar-refractivity contribution in [1.29, 1.82) is 0 Å². The molecule has 0 bridgehead atoms. The van der Waals surface area contributed by atoms with E-state index in [4.69, 9.17) is 20.2 Å². The summed E-state index contributed by atoms with van der Waals surface area (Å²) in [6.45, 7) is 0. The second-order valence-electron chi connectivity index (χ2n) is 4.66. The molecule has 0 atom stereocenters. The SMILES string of the molecule is CN(C)C(=O)/N=C/c1ccc(/C=N/C(=O)N(C)C)n1C.[Cl][Fe][Cl]. The predicted octanol–water partition coefficient (Wildman–Crippen LogP) is 2.60. The van der Waals surface area contributed by atoms with E-state index in [0.717, 1.165) is 11.4 Å². The molecule has 0 aromatic carbocycles. The van der Waals surface area contributed by atoms with Crippen molar-refractivity contribution in [1.82, 2.24) is 14.4 Å². The third-order valence-electron chi connectivity index (χ3n) is 2.58. The normalized spacial score (nSPS) is 10.7. The van der Waals surface area contributed by atoms with Gasteiger partial charge in [0.15, 0.2) is 0 Å². The van der Waals surface area contributed by atoms with Crippen LogP contribution in [-0.4, -0.2) is 67.0 Å². The number of hydrogen-bond donors (Lipinski definition) is 0. The van der Waals surface area contributed by atoms with Crippen LogP contribution in [0.25, 0.3) is 0 Å². The molecule has 7 nitrogen and oxygen atoms in total. The molecule has 1 aromatic rings. The summed E-state index contributed by atoms with van der Waals surface area (Å²) >= 11 is 0.194. The summed E-state index contributed by atoms with van der Waals surface area (Å²) in [6, 6.07) is 2.94. The van der Waals surface area contributed by atoms with Crippen molar-refractivity contribution >= 4 is 44.7 Å². The summed E-state index contributed by atoms with van der Waals surface area (Å²) in [5.41, 5.74) is 1.50. The Labute approximate surface area is 150 Å². The molecule has 130 valence electrons. The Balaban J connectivity index is 0.00000149. The Morgan fingerprint density at radius 1 is 1.00 bits per heavy atom. The number of aliphatic imine (C=N–C) groups is 2. The van der Waals surface area contributed by atoms with Crippen molar-refractivity contribution in [2.75, 3.05) is 28.2 Å². The van der Waals surface area contributed by atoms with Crippen molar-refractivity contribution in [3.8, 4) is 0 Å². The van der Waals surface area contributed by atoms with Crippen LogP contribution in [0.15, 0.2) is 22.1 Å². The third kappa shape index (κ3) is 8.18. The maximum absolute atomic E-state index is 11.4. The van der Waals surface area contributed by atoms with Gasteiger partial charge in [-0.2, -0.15) is 9.98 Å². The molecular formula is C13H19Cl2FeN5O2. The fourth-order valence-electron chi connectivity index (χ4n) is 1.28. The molecule has 10 heteroatoms. The first-order valence-corrected chi connectivity index (χ1v) is 9.30. The molecule has 0 aliphatic carbocycles. The fourth-order valence-corrected chi connectivity index (χ4v) is 1.28. The van der Waals surface area contributed by atoms with Gasteiger partial charge in [0.05, 0.1) is 23.8 Å². The molecule has 0 radical (unpaired) electrons. The van der Waals surface area contributed by atoms with Crippen molar-refractivity contribution in [2.24, 2.45) is 17.0 Å². The maximum atomic E-state index is 11.4. The average molecular weight is 404 g/mol. The number of urea groups is 2. The van der Waals surface area contributed by atoms with Crippen LogP contribution in [0.5, 0.6) is 0 Å².